The third-order valence-electron chi connectivity index (χ3n) is 5.34. The number of likely N-dealkylation sites (tertiary alicyclic amines) is 1. The van der Waals surface area contributed by atoms with Gasteiger partial charge >= 0.3 is 0 Å². The molecule has 2 amide bonds. The minimum Gasteiger partial charge on any atom is -0.366 e. The average Bonchev–Trinajstić information content (AvgIpc) is 2.73. The molecule has 1 aliphatic rings. The number of carbonyl (C=O) groups excluding carboxylic acids is 2. The van der Waals surface area contributed by atoms with Crippen molar-refractivity contribution in [3.8, 4) is 0 Å². The molecule has 1 fully saturated rings. The second-order valence-electron chi connectivity index (χ2n) is 7.42. The summed E-state index contributed by atoms with van der Waals surface area (Å²) >= 11 is 5.28. The summed E-state index contributed by atoms with van der Waals surface area (Å²) in [6.45, 7) is 3.05. The number of nitrogens with one attached hydrogen (secondary N) is 3. The predicted molar refractivity (Wildman–Crippen MR) is 120 cm³/mol. The van der Waals surface area contributed by atoms with Crippen molar-refractivity contribution in [2.45, 2.75) is 38.3 Å². The van der Waals surface area contributed by atoms with Gasteiger partial charge in [-0.1, -0.05) is 42.5 Å². The number of rotatable bonds is 5. The number of benzene rings is 2. The Labute approximate surface area is 177 Å². The smallest absolute Gasteiger partial charge is 0.243 e. The molecule has 0 aliphatic carbocycles. The molecule has 0 radical (unpaired) electrons. The van der Waals surface area contributed by atoms with Crippen LogP contribution >= 0.6 is 12.2 Å². The molecule has 0 bridgehead atoms. The Morgan fingerprint density at radius 1 is 1.14 bits per heavy atom. The molecule has 1 aliphatic heterocycles. The molecule has 3 rings (SSSR count). The zero-order valence-electron chi connectivity index (χ0n) is 16.9. The number of thiocarbonyl (C=S) groups is 1. The van der Waals surface area contributed by atoms with Crippen molar-refractivity contribution in [2.24, 2.45) is 0 Å². The van der Waals surface area contributed by atoms with Crippen LogP contribution in [0.2, 0.25) is 0 Å². The van der Waals surface area contributed by atoms with Crippen molar-refractivity contribution in [3.05, 3.63) is 48.0 Å². The van der Waals surface area contributed by atoms with Crippen LogP contribution in [-0.4, -0.2) is 54.0 Å². The molecule has 0 saturated carbocycles. The summed E-state index contributed by atoms with van der Waals surface area (Å²) in [5, 5.41) is 11.9. The zero-order chi connectivity index (χ0) is 20.8. The van der Waals surface area contributed by atoms with Gasteiger partial charge in [-0.3, -0.25) is 9.59 Å². The molecule has 29 heavy (non-hydrogen) atoms. The van der Waals surface area contributed by atoms with Crippen molar-refractivity contribution in [2.75, 3.05) is 20.1 Å². The fraction of sp³-hybridized carbons (Fsp3) is 0.409. The Hall–Kier alpha value is -2.67. The fourth-order valence-corrected chi connectivity index (χ4v) is 4.01. The minimum absolute atomic E-state index is 0.0854. The van der Waals surface area contributed by atoms with Crippen LogP contribution in [0.15, 0.2) is 42.5 Å². The molecule has 1 heterocycles. The van der Waals surface area contributed by atoms with Crippen molar-refractivity contribution in [1.82, 2.24) is 20.9 Å². The van der Waals surface area contributed by atoms with E-state index >= 15 is 0 Å². The van der Waals surface area contributed by atoms with Crippen LogP contribution in [0.4, 0.5) is 0 Å². The molecule has 2 aromatic carbocycles. The Kier molecular flexibility index (Phi) is 7.04. The van der Waals surface area contributed by atoms with Crippen LogP contribution < -0.4 is 16.0 Å². The number of hydrogen-bond acceptors (Lipinski definition) is 3. The Morgan fingerprint density at radius 3 is 2.52 bits per heavy atom. The number of nitrogens with zero attached hydrogens (tertiary/aromatic N) is 1. The van der Waals surface area contributed by atoms with E-state index in [1.165, 1.54) is 6.92 Å². The zero-order valence-corrected chi connectivity index (χ0v) is 17.7. The first-order valence-electron chi connectivity index (χ1n) is 9.98. The second kappa shape index (κ2) is 9.69. The van der Waals surface area contributed by atoms with Crippen LogP contribution in [-0.2, 0) is 16.0 Å². The van der Waals surface area contributed by atoms with Crippen LogP contribution in [0.25, 0.3) is 10.8 Å². The van der Waals surface area contributed by atoms with Gasteiger partial charge in [0.1, 0.15) is 6.04 Å². The third-order valence-corrected chi connectivity index (χ3v) is 5.80. The molecule has 0 spiro atoms. The molecular weight excluding hydrogens is 384 g/mol. The molecule has 7 heteroatoms. The van der Waals surface area contributed by atoms with Crippen LogP contribution in [0, 0.1) is 0 Å². The van der Waals surface area contributed by atoms with Crippen molar-refractivity contribution >= 4 is 39.9 Å². The molecule has 6 nitrogen and oxygen atoms in total. The Bertz CT molecular complexity index is 888. The quantitative estimate of drug-likeness (QED) is 0.655. The number of hydrogen-bond donors (Lipinski definition) is 3. The van der Waals surface area contributed by atoms with Gasteiger partial charge in [0.25, 0.3) is 0 Å². The van der Waals surface area contributed by atoms with Crippen molar-refractivity contribution in [3.63, 3.8) is 0 Å². The number of piperidine rings is 1. The monoisotopic (exact) mass is 412 g/mol. The predicted octanol–water partition coefficient (Wildman–Crippen LogP) is 1.97. The maximum absolute atomic E-state index is 13.0. The molecule has 1 atom stereocenters. The number of fused-ring (bicyclic) bond motifs is 1. The lowest BCUT2D eigenvalue weighted by Gasteiger charge is -2.34. The van der Waals surface area contributed by atoms with Crippen LogP contribution in [0.5, 0.6) is 0 Å². The maximum atomic E-state index is 13.0. The first kappa shape index (κ1) is 21.0. The summed E-state index contributed by atoms with van der Waals surface area (Å²) < 4.78 is 0. The highest BCUT2D eigenvalue weighted by molar-refractivity contribution is 7.80. The Balaban J connectivity index is 1.68. The summed E-state index contributed by atoms with van der Waals surface area (Å²) in [5.41, 5.74) is 1.05. The van der Waals surface area contributed by atoms with Gasteiger partial charge in [-0.2, -0.15) is 0 Å². The van der Waals surface area contributed by atoms with Gasteiger partial charge < -0.3 is 20.9 Å². The minimum atomic E-state index is -0.602. The highest BCUT2D eigenvalue weighted by Crippen LogP contribution is 2.20. The molecule has 0 unspecified atom stereocenters. The number of amides is 2. The first-order chi connectivity index (χ1) is 14.0. The van der Waals surface area contributed by atoms with E-state index in [0.29, 0.717) is 6.42 Å². The van der Waals surface area contributed by atoms with E-state index in [9.17, 15) is 9.59 Å². The lowest BCUT2D eigenvalue weighted by atomic mass is 9.97. The summed E-state index contributed by atoms with van der Waals surface area (Å²) in [6.07, 6.45) is 2.11. The molecule has 1 saturated heterocycles. The van der Waals surface area contributed by atoms with Gasteiger partial charge in [-0.05, 0) is 41.4 Å². The fourth-order valence-electron chi connectivity index (χ4n) is 3.83. The molecule has 3 N–H and O–H groups in total. The second-order valence-corrected chi connectivity index (χ2v) is 7.81. The van der Waals surface area contributed by atoms with E-state index in [-0.39, 0.29) is 17.9 Å². The summed E-state index contributed by atoms with van der Waals surface area (Å²) in [5.74, 6) is -0.345. The lowest BCUT2D eigenvalue weighted by Crippen LogP contribution is -2.53. The standard InChI is InChI=1S/C22H28N4O2S/c1-15(27)24-20(14-17-8-5-7-16-6-3-4-9-19(16)17)21(28)25-18-10-12-26(13-11-18)22(29)23-2/h3-9,18,20H,10-14H2,1-2H3,(H,23,29)(H,24,27)(H,25,28)/t20-/m1/s1. The van der Waals surface area contributed by atoms with Gasteiger partial charge in [-0.15, -0.1) is 0 Å². The van der Waals surface area contributed by atoms with Gasteiger partial charge in [0.15, 0.2) is 5.11 Å². The normalized spacial score (nSPS) is 15.6. The average molecular weight is 413 g/mol. The number of carbonyl (C=O) groups is 2. The SMILES string of the molecule is CNC(=S)N1CCC(NC(=O)[C@@H](Cc2cccc3ccccc23)NC(C)=O)CC1. The van der Waals surface area contributed by atoms with Gasteiger partial charge in [0, 0.05) is 39.5 Å². The van der Waals surface area contributed by atoms with E-state index in [1.807, 2.05) is 37.4 Å². The summed E-state index contributed by atoms with van der Waals surface area (Å²) in [7, 11) is 1.82. The largest absolute Gasteiger partial charge is 0.366 e. The van der Waals surface area contributed by atoms with E-state index in [0.717, 1.165) is 47.4 Å². The molecule has 154 valence electrons. The van der Waals surface area contributed by atoms with Gasteiger partial charge in [0.2, 0.25) is 11.8 Å². The Morgan fingerprint density at radius 2 is 1.83 bits per heavy atom. The topological polar surface area (TPSA) is 73.5 Å². The summed E-state index contributed by atoms with van der Waals surface area (Å²) in [6, 6.07) is 13.6. The molecular formula is C22H28N4O2S. The molecule has 0 aromatic heterocycles. The van der Waals surface area contributed by atoms with Gasteiger partial charge in [-0.25, -0.2) is 0 Å². The van der Waals surface area contributed by atoms with E-state index in [4.69, 9.17) is 12.2 Å². The first-order valence-corrected chi connectivity index (χ1v) is 10.4. The molecule has 2 aromatic rings. The van der Waals surface area contributed by atoms with Crippen molar-refractivity contribution < 1.29 is 9.59 Å². The maximum Gasteiger partial charge on any atom is 0.243 e. The van der Waals surface area contributed by atoms with Gasteiger partial charge in [0.05, 0.1) is 0 Å². The van der Waals surface area contributed by atoms with E-state index in [1.54, 1.807) is 0 Å². The summed E-state index contributed by atoms with van der Waals surface area (Å²) in [4.78, 5) is 26.8. The van der Waals surface area contributed by atoms with Crippen molar-refractivity contribution in [1.29, 1.82) is 0 Å². The highest BCUT2D eigenvalue weighted by Gasteiger charge is 2.26. The van der Waals surface area contributed by atoms with E-state index in [2.05, 4.69) is 33.0 Å². The van der Waals surface area contributed by atoms with Crippen LogP contribution in [0.1, 0.15) is 25.3 Å². The lowest BCUT2D eigenvalue weighted by molar-refractivity contribution is -0.128. The highest BCUT2D eigenvalue weighted by atomic mass is 32.1. The third kappa shape index (κ3) is 5.44. The van der Waals surface area contributed by atoms with Crippen LogP contribution in [0.3, 0.4) is 0 Å². The van der Waals surface area contributed by atoms with E-state index < -0.39 is 6.04 Å².